The summed E-state index contributed by atoms with van der Waals surface area (Å²) < 4.78 is 2.05. The highest BCUT2D eigenvalue weighted by molar-refractivity contribution is 5.78. The molecule has 100 valence electrons. The van der Waals surface area contributed by atoms with Gasteiger partial charge in [-0.25, -0.2) is 4.98 Å². The third-order valence-corrected chi connectivity index (χ3v) is 4.15. The Kier molecular flexibility index (Phi) is 2.52. The first-order valence-electron chi connectivity index (χ1n) is 7.10. The summed E-state index contributed by atoms with van der Waals surface area (Å²) >= 11 is 0. The summed E-state index contributed by atoms with van der Waals surface area (Å²) in [5.74, 6) is 0.426. The van der Waals surface area contributed by atoms with Gasteiger partial charge in [0.1, 0.15) is 11.4 Å². The molecule has 0 saturated heterocycles. The summed E-state index contributed by atoms with van der Waals surface area (Å²) in [6.07, 6.45) is 8.25. The van der Waals surface area contributed by atoms with Gasteiger partial charge in [0.2, 0.25) is 0 Å². The molecule has 0 aliphatic heterocycles. The summed E-state index contributed by atoms with van der Waals surface area (Å²) in [7, 11) is 0. The number of rotatable bonds is 1. The molecule has 3 heteroatoms. The van der Waals surface area contributed by atoms with Gasteiger partial charge in [-0.05, 0) is 61.1 Å². The van der Waals surface area contributed by atoms with Crippen molar-refractivity contribution in [3.05, 3.63) is 53.9 Å². The zero-order chi connectivity index (χ0) is 13.5. The SMILES string of the molecule is Oc1cc(-n2ccc3cccnc32)cc2c1CCCC2. The molecule has 3 aromatic rings. The van der Waals surface area contributed by atoms with E-state index in [2.05, 4.69) is 23.2 Å². The lowest BCUT2D eigenvalue weighted by Gasteiger charge is -2.18. The molecule has 20 heavy (non-hydrogen) atoms. The van der Waals surface area contributed by atoms with Crippen molar-refractivity contribution in [1.29, 1.82) is 0 Å². The van der Waals surface area contributed by atoms with Crippen LogP contribution in [0.25, 0.3) is 16.7 Å². The highest BCUT2D eigenvalue weighted by Crippen LogP contribution is 2.32. The summed E-state index contributed by atoms with van der Waals surface area (Å²) in [4.78, 5) is 4.44. The number of aromatic nitrogens is 2. The van der Waals surface area contributed by atoms with Crippen LogP contribution in [-0.2, 0) is 12.8 Å². The molecule has 0 unspecified atom stereocenters. The second-order valence-electron chi connectivity index (χ2n) is 5.41. The van der Waals surface area contributed by atoms with Crippen molar-refractivity contribution >= 4 is 11.0 Å². The molecular formula is C17H16N2O. The largest absolute Gasteiger partial charge is 0.508 e. The van der Waals surface area contributed by atoms with E-state index < -0.39 is 0 Å². The first-order valence-corrected chi connectivity index (χ1v) is 7.10. The average Bonchev–Trinajstić information content (AvgIpc) is 2.91. The molecule has 1 aliphatic rings. The monoisotopic (exact) mass is 264 g/mol. The van der Waals surface area contributed by atoms with Crippen molar-refractivity contribution in [2.45, 2.75) is 25.7 Å². The number of pyridine rings is 1. The predicted molar refractivity (Wildman–Crippen MR) is 79.4 cm³/mol. The van der Waals surface area contributed by atoms with Gasteiger partial charge < -0.3 is 9.67 Å². The van der Waals surface area contributed by atoms with Crippen LogP contribution in [0.4, 0.5) is 0 Å². The lowest BCUT2D eigenvalue weighted by molar-refractivity contribution is 0.461. The average molecular weight is 264 g/mol. The third kappa shape index (κ3) is 1.70. The van der Waals surface area contributed by atoms with Gasteiger partial charge in [-0.2, -0.15) is 0 Å². The van der Waals surface area contributed by atoms with E-state index in [0.717, 1.165) is 35.1 Å². The maximum atomic E-state index is 10.3. The molecule has 1 N–H and O–H groups in total. The van der Waals surface area contributed by atoms with E-state index in [9.17, 15) is 5.11 Å². The zero-order valence-corrected chi connectivity index (χ0v) is 11.2. The summed E-state index contributed by atoms with van der Waals surface area (Å²) in [6, 6.07) is 10.1. The Morgan fingerprint density at radius 2 is 2.00 bits per heavy atom. The van der Waals surface area contributed by atoms with E-state index in [4.69, 9.17) is 0 Å². The van der Waals surface area contributed by atoms with Crippen molar-refractivity contribution in [2.75, 3.05) is 0 Å². The first kappa shape index (κ1) is 11.5. The third-order valence-electron chi connectivity index (χ3n) is 4.15. The lowest BCUT2D eigenvalue weighted by atomic mass is 9.90. The number of aromatic hydroxyl groups is 1. The maximum absolute atomic E-state index is 10.3. The van der Waals surface area contributed by atoms with Gasteiger partial charge >= 0.3 is 0 Å². The van der Waals surface area contributed by atoms with Crippen LogP contribution < -0.4 is 0 Å². The lowest BCUT2D eigenvalue weighted by Crippen LogP contribution is -2.05. The Labute approximate surface area is 117 Å². The van der Waals surface area contributed by atoms with Crippen LogP contribution in [0, 0.1) is 0 Å². The van der Waals surface area contributed by atoms with Gasteiger partial charge in [0.25, 0.3) is 0 Å². The van der Waals surface area contributed by atoms with Crippen molar-refractivity contribution in [2.24, 2.45) is 0 Å². The Hall–Kier alpha value is -2.29. The van der Waals surface area contributed by atoms with Gasteiger partial charge in [-0.1, -0.05) is 0 Å². The van der Waals surface area contributed by atoms with Gasteiger partial charge in [-0.15, -0.1) is 0 Å². The Morgan fingerprint density at radius 1 is 1.10 bits per heavy atom. The van der Waals surface area contributed by atoms with E-state index >= 15 is 0 Å². The molecule has 0 saturated carbocycles. The molecule has 4 rings (SSSR count). The highest BCUT2D eigenvalue weighted by Gasteiger charge is 2.15. The number of hydrogen-bond acceptors (Lipinski definition) is 2. The van der Waals surface area contributed by atoms with Crippen LogP contribution in [-0.4, -0.2) is 14.7 Å². The normalized spacial score (nSPS) is 14.4. The van der Waals surface area contributed by atoms with Gasteiger partial charge in [-0.3, -0.25) is 0 Å². The summed E-state index contributed by atoms with van der Waals surface area (Å²) in [5, 5.41) is 11.4. The number of hydrogen-bond donors (Lipinski definition) is 1. The highest BCUT2D eigenvalue weighted by atomic mass is 16.3. The molecule has 1 aromatic carbocycles. The fraction of sp³-hybridized carbons (Fsp3) is 0.235. The number of phenolic OH excluding ortho intramolecular Hbond substituents is 1. The molecule has 0 spiro atoms. The van der Waals surface area contributed by atoms with Crippen molar-refractivity contribution in [3.63, 3.8) is 0 Å². The van der Waals surface area contributed by atoms with Crippen LogP contribution in [0.5, 0.6) is 5.75 Å². The Balaban J connectivity index is 1.92. The van der Waals surface area contributed by atoms with E-state index in [0.29, 0.717) is 5.75 Å². The van der Waals surface area contributed by atoms with Gasteiger partial charge in [0.15, 0.2) is 0 Å². The fourth-order valence-electron chi connectivity index (χ4n) is 3.14. The van der Waals surface area contributed by atoms with Crippen LogP contribution in [0.1, 0.15) is 24.0 Å². The molecule has 3 nitrogen and oxygen atoms in total. The van der Waals surface area contributed by atoms with Crippen LogP contribution in [0.15, 0.2) is 42.7 Å². The topological polar surface area (TPSA) is 38.0 Å². The number of aryl methyl sites for hydroxylation is 1. The molecular weight excluding hydrogens is 248 g/mol. The fourth-order valence-corrected chi connectivity index (χ4v) is 3.14. The zero-order valence-electron chi connectivity index (χ0n) is 11.2. The molecule has 0 fully saturated rings. The van der Waals surface area contributed by atoms with Gasteiger partial charge in [0, 0.05) is 23.8 Å². The van der Waals surface area contributed by atoms with Crippen LogP contribution >= 0.6 is 0 Å². The van der Waals surface area contributed by atoms with E-state index in [-0.39, 0.29) is 0 Å². The van der Waals surface area contributed by atoms with Crippen molar-refractivity contribution < 1.29 is 5.11 Å². The van der Waals surface area contributed by atoms with Crippen LogP contribution in [0.2, 0.25) is 0 Å². The first-order chi connectivity index (χ1) is 9.83. The minimum Gasteiger partial charge on any atom is -0.508 e. The smallest absolute Gasteiger partial charge is 0.144 e. The number of phenols is 1. The standard InChI is InChI=1S/C17H16N2O/c20-16-11-14(10-13-4-1-2-6-15(13)16)19-9-7-12-5-3-8-18-17(12)19/h3,5,7-11,20H,1-2,4,6H2. The second kappa shape index (κ2) is 4.37. The van der Waals surface area contributed by atoms with E-state index in [1.54, 1.807) is 6.20 Å². The molecule has 0 atom stereocenters. The van der Waals surface area contributed by atoms with Gasteiger partial charge in [0.05, 0.1) is 5.69 Å². The summed E-state index contributed by atoms with van der Waals surface area (Å²) in [6.45, 7) is 0. The number of nitrogens with zero attached hydrogens (tertiary/aromatic N) is 2. The maximum Gasteiger partial charge on any atom is 0.144 e. The predicted octanol–water partition coefficient (Wildman–Crippen LogP) is 3.61. The second-order valence-corrected chi connectivity index (χ2v) is 5.41. The molecule has 1 aliphatic carbocycles. The molecule has 0 bridgehead atoms. The molecule has 0 radical (unpaired) electrons. The quantitative estimate of drug-likeness (QED) is 0.729. The Morgan fingerprint density at radius 3 is 2.95 bits per heavy atom. The molecule has 0 amide bonds. The molecule has 2 aromatic heterocycles. The van der Waals surface area contributed by atoms with E-state index in [1.165, 1.54) is 18.4 Å². The van der Waals surface area contributed by atoms with Crippen LogP contribution in [0.3, 0.4) is 0 Å². The number of benzene rings is 1. The Bertz CT molecular complexity index is 789. The minimum absolute atomic E-state index is 0.426. The minimum atomic E-state index is 0.426. The van der Waals surface area contributed by atoms with Crippen molar-refractivity contribution in [3.8, 4) is 11.4 Å². The number of fused-ring (bicyclic) bond motifs is 2. The van der Waals surface area contributed by atoms with E-state index in [1.807, 2.05) is 22.9 Å². The summed E-state index contributed by atoms with van der Waals surface area (Å²) in [5.41, 5.74) is 4.34. The molecule has 2 heterocycles. The van der Waals surface area contributed by atoms with Crippen molar-refractivity contribution in [1.82, 2.24) is 9.55 Å².